The van der Waals surface area contributed by atoms with Crippen LogP contribution < -0.4 is 26.2 Å². The molecule has 12 rings (SSSR count). The fraction of sp³-hybridized carbons (Fsp3) is 0.364. The van der Waals surface area contributed by atoms with Gasteiger partial charge in [0.25, 0.3) is 6.71 Å². The number of anilines is 5. The van der Waals surface area contributed by atoms with E-state index >= 15 is 0 Å². The first-order valence-corrected chi connectivity index (χ1v) is 26.1. The van der Waals surface area contributed by atoms with Crippen molar-refractivity contribution in [3.05, 3.63) is 166 Å². The summed E-state index contributed by atoms with van der Waals surface area (Å²) in [7, 11) is 0. The summed E-state index contributed by atoms with van der Waals surface area (Å²) in [4.78, 5) is 5.72. The molecular weight excluding hydrogens is 832 g/mol. The summed E-state index contributed by atoms with van der Waals surface area (Å²) in [5, 5.41) is 0. The van der Waals surface area contributed by atoms with E-state index in [0.29, 0.717) is 0 Å². The van der Waals surface area contributed by atoms with Crippen molar-refractivity contribution in [1.29, 1.82) is 0 Å². The Hall–Kier alpha value is -5.80. The van der Waals surface area contributed by atoms with Crippen LogP contribution in [0.3, 0.4) is 0 Å². The number of benzene rings is 7. The van der Waals surface area contributed by atoms with Crippen LogP contribution >= 0.6 is 0 Å². The van der Waals surface area contributed by atoms with Gasteiger partial charge in [0.05, 0.1) is 11.2 Å². The van der Waals surface area contributed by atoms with Crippen LogP contribution in [-0.4, -0.2) is 12.3 Å². The highest BCUT2D eigenvalue weighted by molar-refractivity contribution is 7.00. The van der Waals surface area contributed by atoms with Crippen LogP contribution in [0, 0.1) is 6.92 Å². The zero-order chi connectivity index (χ0) is 48.5. The third-order valence-corrected chi connectivity index (χ3v) is 18.1. The van der Waals surface area contributed by atoms with Gasteiger partial charge >= 0.3 is 0 Å². The molecule has 69 heavy (non-hydrogen) atoms. The minimum Gasteiger partial charge on any atom is -0.335 e. The fourth-order valence-electron chi connectivity index (χ4n) is 13.9. The van der Waals surface area contributed by atoms with Crippen LogP contribution in [0.4, 0.5) is 28.4 Å². The van der Waals surface area contributed by atoms with Gasteiger partial charge in [-0.25, -0.2) is 0 Å². The van der Waals surface area contributed by atoms with Crippen molar-refractivity contribution >= 4 is 51.5 Å². The van der Waals surface area contributed by atoms with Gasteiger partial charge in [0.15, 0.2) is 0 Å². The zero-order valence-corrected chi connectivity index (χ0v) is 43.9. The second-order valence-electron chi connectivity index (χ2n) is 25.8. The Morgan fingerprint density at radius 2 is 1.04 bits per heavy atom. The van der Waals surface area contributed by atoms with Gasteiger partial charge in [0.1, 0.15) is 0 Å². The lowest BCUT2D eigenvalue weighted by Gasteiger charge is -2.53. The van der Waals surface area contributed by atoms with Gasteiger partial charge in [-0.3, -0.25) is 0 Å². The van der Waals surface area contributed by atoms with Crippen molar-refractivity contribution in [2.75, 3.05) is 9.80 Å². The predicted octanol–water partition coefficient (Wildman–Crippen LogP) is 15.9. The van der Waals surface area contributed by atoms with Crippen LogP contribution in [0.1, 0.15) is 155 Å². The molecule has 7 aromatic rings. The van der Waals surface area contributed by atoms with Crippen molar-refractivity contribution in [2.24, 2.45) is 0 Å². The van der Waals surface area contributed by atoms with Crippen LogP contribution in [0.15, 0.2) is 127 Å². The van der Waals surface area contributed by atoms with Gasteiger partial charge in [0, 0.05) is 50.3 Å². The molecule has 0 radical (unpaired) electrons. The smallest absolute Gasteiger partial charge is 0.252 e. The number of hydrogen-bond acceptors (Lipinski definition) is 2. The molecule has 0 aromatic heterocycles. The largest absolute Gasteiger partial charge is 0.335 e. The summed E-state index contributed by atoms with van der Waals surface area (Å²) in [6.07, 6.45) is 4.91. The quantitative estimate of drug-likeness (QED) is 0.163. The molecule has 3 aliphatic heterocycles. The average Bonchev–Trinajstić information content (AvgIpc) is 3.67. The standard InChI is InChI=1S/C66H71BN2/c1-40-33-54-57-55(34-40)69-59-51(65(13)31-21-22-32-66(65,69)14)38-45(63(8,9)10)39-53(59)67(57)52-30-29-49-56(46-28-27-43(61(2,3)4)37-50(46)64(49,11)12)60(52)68(54)58-47(41-23-17-15-18-24-41)35-44(62(5,6)7)36-48(58)42-25-19-16-20-26-42/h15-20,23-30,33-39H,21-22,31-32H2,1-14H3. The van der Waals surface area contributed by atoms with E-state index in [4.69, 9.17) is 0 Å². The molecule has 2 aliphatic carbocycles. The van der Waals surface area contributed by atoms with E-state index in [1.165, 1.54) is 137 Å². The Kier molecular flexibility index (Phi) is 9.27. The van der Waals surface area contributed by atoms with Gasteiger partial charge < -0.3 is 9.80 Å². The molecule has 1 saturated carbocycles. The molecule has 0 saturated heterocycles. The van der Waals surface area contributed by atoms with Crippen molar-refractivity contribution in [3.63, 3.8) is 0 Å². The summed E-state index contributed by atoms with van der Waals surface area (Å²) >= 11 is 0. The number of nitrogens with zero attached hydrogens (tertiary/aromatic N) is 2. The predicted molar refractivity (Wildman–Crippen MR) is 298 cm³/mol. The lowest BCUT2D eigenvalue weighted by Crippen LogP contribution is -2.64. The van der Waals surface area contributed by atoms with Crippen molar-refractivity contribution < 1.29 is 0 Å². The van der Waals surface area contributed by atoms with E-state index in [-0.39, 0.29) is 39.3 Å². The van der Waals surface area contributed by atoms with E-state index in [1.54, 1.807) is 5.56 Å². The molecule has 348 valence electrons. The Morgan fingerprint density at radius 3 is 1.65 bits per heavy atom. The molecule has 0 spiro atoms. The van der Waals surface area contributed by atoms with Crippen LogP contribution in [0.5, 0.6) is 0 Å². The summed E-state index contributed by atoms with van der Waals surface area (Å²) in [5.41, 5.74) is 28.5. The normalized spacial score (nSPS) is 20.5. The molecule has 2 unspecified atom stereocenters. The topological polar surface area (TPSA) is 6.48 Å². The third-order valence-electron chi connectivity index (χ3n) is 18.1. The maximum atomic E-state index is 2.91. The van der Waals surface area contributed by atoms with Crippen LogP contribution in [0.25, 0.3) is 33.4 Å². The van der Waals surface area contributed by atoms with Gasteiger partial charge in [-0.05, 0) is 139 Å². The van der Waals surface area contributed by atoms with E-state index in [9.17, 15) is 0 Å². The molecule has 0 amide bonds. The highest BCUT2D eigenvalue weighted by atomic mass is 15.3. The maximum Gasteiger partial charge on any atom is 0.252 e. The number of fused-ring (bicyclic) bond motifs is 11. The maximum absolute atomic E-state index is 2.91. The van der Waals surface area contributed by atoms with Crippen molar-refractivity contribution in [1.82, 2.24) is 0 Å². The van der Waals surface area contributed by atoms with E-state index in [2.05, 4.69) is 234 Å². The summed E-state index contributed by atoms with van der Waals surface area (Å²) in [6, 6.07) is 50.7. The molecule has 3 heteroatoms. The Labute approximate surface area is 414 Å². The minimum absolute atomic E-state index is 0.0125. The first kappa shape index (κ1) is 44.4. The minimum atomic E-state index is -0.207. The zero-order valence-electron chi connectivity index (χ0n) is 43.9. The first-order chi connectivity index (χ1) is 32.5. The van der Waals surface area contributed by atoms with E-state index in [1.807, 2.05) is 0 Å². The van der Waals surface area contributed by atoms with Crippen molar-refractivity contribution in [2.45, 2.75) is 155 Å². The second kappa shape index (κ2) is 14.4. The second-order valence-corrected chi connectivity index (χ2v) is 25.8. The highest BCUT2D eigenvalue weighted by Gasteiger charge is 2.62. The van der Waals surface area contributed by atoms with Gasteiger partial charge in [-0.2, -0.15) is 0 Å². The van der Waals surface area contributed by atoms with Crippen LogP contribution in [-0.2, 0) is 27.1 Å². The molecule has 1 fully saturated rings. The molecule has 0 bridgehead atoms. The number of hydrogen-bond donors (Lipinski definition) is 0. The molecule has 0 N–H and O–H groups in total. The number of aryl methyl sites for hydroxylation is 1. The first-order valence-electron chi connectivity index (χ1n) is 26.1. The highest BCUT2D eigenvalue weighted by Crippen LogP contribution is 2.64. The molecule has 7 aromatic carbocycles. The summed E-state index contributed by atoms with van der Waals surface area (Å²) in [5.74, 6) is 0. The van der Waals surface area contributed by atoms with Gasteiger partial charge in [-0.1, -0.05) is 199 Å². The van der Waals surface area contributed by atoms with Gasteiger partial charge in [0.2, 0.25) is 0 Å². The van der Waals surface area contributed by atoms with Gasteiger partial charge in [-0.15, -0.1) is 0 Å². The fourth-order valence-corrected chi connectivity index (χ4v) is 13.9. The SMILES string of the molecule is Cc1cc2c3c(c1)N1c4c(cc(C(C)(C)C)cc4C4(C)CCCCC14C)B3c1ccc3c(c1N2c1c(-c2ccccc2)cc(C(C)(C)C)cc1-c1ccccc1)-c1ccc(C(C)(C)C)cc1C3(C)C. The summed E-state index contributed by atoms with van der Waals surface area (Å²) < 4.78 is 0. The van der Waals surface area contributed by atoms with Crippen LogP contribution in [0.2, 0.25) is 0 Å². The molecular formula is C66H71BN2. The monoisotopic (exact) mass is 903 g/mol. The Bertz CT molecular complexity index is 3240. The molecule has 5 aliphatic rings. The summed E-state index contributed by atoms with van der Waals surface area (Å²) in [6.45, 7) is 34.1. The number of rotatable bonds is 3. The molecule has 2 nitrogen and oxygen atoms in total. The molecule has 3 heterocycles. The van der Waals surface area contributed by atoms with E-state index < -0.39 is 0 Å². The van der Waals surface area contributed by atoms with E-state index in [0.717, 1.165) is 0 Å². The Morgan fingerprint density at radius 1 is 0.478 bits per heavy atom. The Balaban J connectivity index is 1.29. The lowest BCUT2D eigenvalue weighted by molar-refractivity contribution is 0.195. The third kappa shape index (κ3) is 6.10. The average molecular weight is 903 g/mol. The molecule has 2 atom stereocenters. The van der Waals surface area contributed by atoms with Crippen molar-refractivity contribution in [3.8, 4) is 33.4 Å². The lowest BCUT2D eigenvalue weighted by atomic mass is 9.33.